The minimum absolute atomic E-state index is 0.679. The molecule has 0 unspecified atom stereocenters. The number of halogens is 3. The SMILES string of the molecule is CC(C)OC(=O)/C(C#N)=C(\O)C(F)(F)F. The molecule has 84 valence electrons. The summed E-state index contributed by atoms with van der Waals surface area (Å²) in [5.41, 5.74) is -1.45. The summed E-state index contributed by atoms with van der Waals surface area (Å²) in [5, 5.41) is 16.8. The van der Waals surface area contributed by atoms with Crippen LogP contribution in [0.3, 0.4) is 0 Å². The molecule has 0 aromatic carbocycles. The molecule has 0 atom stereocenters. The molecule has 0 aliphatic rings. The summed E-state index contributed by atoms with van der Waals surface area (Å²) >= 11 is 0. The van der Waals surface area contributed by atoms with Crippen molar-refractivity contribution in [2.75, 3.05) is 0 Å². The van der Waals surface area contributed by atoms with Gasteiger partial charge in [-0.05, 0) is 13.8 Å². The van der Waals surface area contributed by atoms with E-state index in [0.717, 1.165) is 6.07 Å². The Hall–Kier alpha value is -1.71. The van der Waals surface area contributed by atoms with Gasteiger partial charge < -0.3 is 9.84 Å². The van der Waals surface area contributed by atoms with Gasteiger partial charge in [0.1, 0.15) is 6.07 Å². The van der Waals surface area contributed by atoms with E-state index in [4.69, 9.17) is 10.4 Å². The zero-order chi connectivity index (χ0) is 12.2. The van der Waals surface area contributed by atoms with Crippen molar-refractivity contribution in [2.24, 2.45) is 0 Å². The number of esters is 1. The average molecular weight is 223 g/mol. The van der Waals surface area contributed by atoms with Crippen molar-refractivity contribution in [1.29, 1.82) is 5.26 Å². The van der Waals surface area contributed by atoms with Gasteiger partial charge in [-0.15, -0.1) is 0 Å². The van der Waals surface area contributed by atoms with Crippen LogP contribution in [0.4, 0.5) is 13.2 Å². The van der Waals surface area contributed by atoms with Gasteiger partial charge >= 0.3 is 12.1 Å². The van der Waals surface area contributed by atoms with Gasteiger partial charge in [-0.2, -0.15) is 18.4 Å². The van der Waals surface area contributed by atoms with Gasteiger partial charge in [0.25, 0.3) is 0 Å². The van der Waals surface area contributed by atoms with Gasteiger partial charge in [0.2, 0.25) is 5.76 Å². The van der Waals surface area contributed by atoms with E-state index in [9.17, 15) is 18.0 Å². The summed E-state index contributed by atoms with van der Waals surface area (Å²) in [7, 11) is 0. The van der Waals surface area contributed by atoms with Gasteiger partial charge in [0, 0.05) is 0 Å². The van der Waals surface area contributed by atoms with Gasteiger partial charge in [-0.25, -0.2) is 4.79 Å². The number of carbonyl (C=O) groups is 1. The summed E-state index contributed by atoms with van der Waals surface area (Å²) in [5.74, 6) is -3.74. The van der Waals surface area contributed by atoms with E-state index in [1.165, 1.54) is 13.8 Å². The normalized spacial score (nSPS) is 13.1. The molecule has 0 saturated heterocycles. The monoisotopic (exact) mass is 223 g/mol. The summed E-state index contributed by atoms with van der Waals surface area (Å²) in [6, 6.07) is 0.949. The molecular formula is C8H8F3NO3. The van der Waals surface area contributed by atoms with Crippen molar-refractivity contribution >= 4 is 5.97 Å². The number of hydrogen-bond donors (Lipinski definition) is 1. The van der Waals surface area contributed by atoms with Crippen LogP contribution in [0.15, 0.2) is 11.3 Å². The highest BCUT2D eigenvalue weighted by atomic mass is 19.4. The van der Waals surface area contributed by atoms with Crippen LogP contribution in [0.2, 0.25) is 0 Å². The van der Waals surface area contributed by atoms with Crippen LogP contribution >= 0.6 is 0 Å². The molecule has 0 bridgehead atoms. The maximum atomic E-state index is 11.9. The van der Waals surface area contributed by atoms with E-state index < -0.39 is 29.6 Å². The Morgan fingerprint density at radius 2 is 1.93 bits per heavy atom. The molecule has 0 aromatic rings. The second-order valence-corrected chi connectivity index (χ2v) is 2.79. The predicted molar refractivity (Wildman–Crippen MR) is 42.6 cm³/mol. The largest absolute Gasteiger partial charge is 0.503 e. The Labute approximate surface area is 83.6 Å². The number of hydrogen-bond acceptors (Lipinski definition) is 4. The fourth-order valence-electron chi connectivity index (χ4n) is 0.610. The maximum absolute atomic E-state index is 11.9. The van der Waals surface area contributed by atoms with E-state index in [1.807, 2.05) is 0 Å². The molecular weight excluding hydrogens is 215 g/mol. The highest BCUT2D eigenvalue weighted by Crippen LogP contribution is 2.26. The van der Waals surface area contributed by atoms with Crippen LogP contribution in [0.25, 0.3) is 0 Å². The number of alkyl halides is 3. The highest BCUT2D eigenvalue weighted by Gasteiger charge is 2.39. The number of aliphatic hydroxyl groups excluding tert-OH is 1. The molecule has 0 heterocycles. The Bertz CT molecular complexity index is 325. The molecule has 15 heavy (non-hydrogen) atoms. The Morgan fingerprint density at radius 3 is 2.20 bits per heavy atom. The standard InChI is InChI=1S/C8H8F3NO3/c1-4(2)15-7(14)5(3-12)6(13)8(9,10)11/h4,13H,1-2H3/b6-5-. The third-order valence-corrected chi connectivity index (χ3v) is 1.16. The summed E-state index contributed by atoms with van der Waals surface area (Å²) in [6.07, 6.45) is -5.82. The zero-order valence-electron chi connectivity index (χ0n) is 7.92. The van der Waals surface area contributed by atoms with Crippen molar-refractivity contribution < 1.29 is 27.8 Å². The van der Waals surface area contributed by atoms with E-state index in [2.05, 4.69) is 4.74 Å². The van der Waals surface area contributed by atoms with Gasteiger partial charge in [-0.3, -0.25) is 0 Å². The van der Waals surface area contributed by atoms with Crippen molar-refractivity contribution in [2.45, 2.75) is 26.1 Å². The van der Waals surface area contributed by atoms with E-state index in [0.29, 0.717) is 0 Å². The molecule has 0 amide bonds. The lowest BCUT2D eigenvalue weighted by Crippen LogP contribution is -2.20. The minimum Gasteiger partial charge on any atom is -0.503 e. The van der Waals surface area contributed by atoms with Gasteiger partial charge in [0.05, 0.1) is 6.10 Å². The summed E-state index contributed by atoms with van der Waals surface area (Å²) in [4.78, 5) is 10.9. The van der Waals surface area contributed by atoms with Gasteiger partial charge in [0.15, 0.2) is 5.57 Å². The van der Waals surface area contributed by atoms with Crippen LogP contribution < -0.4 is 0 Å². The van der Waals surface area contributed by atoms with Crippen LogP contribution in [0, 0.1) is 11.3 Å². The Kier molecular flexibility index (Phi) is 4.15. The van der Waals surface area contributed by atoms with Crippen LogP contribution in [0.5, 0.6) is 0 Å². The van der Waals surface area contributed by atoms with Crippen LogP contribution in [-0.4, -0.2) is 23.4 Å². The second-order valence-electron chi connectivity index (χ2n) is 2.79. The predicted octanol–water partition coefficient (Wildman–Crippen LogP) is 1.84. The number of nitriles is 1. The molecule has 1 N–H and O–H groups in total. The molecule has 0 radical (unpaired) electrons. The van der Waals surface area contributed by atoms with Crippen molar-refractivity contribution in [3.8, 4) is 6.07 Å². The first-order valence-corrected chi connectivity index (χ1v) is 3.81. The molecule has 0 spiro atoms. The number of nitrogens with zero attached hydrogens (tertiary/aromatic N) is 1. The quantitative estimate of drug-likeness (QED) is 0.335. The number of allylic oxidation sites excluding steroid dienone is 1. The first-order valence-electron chi connectivity index (χ1n) is 3.81. The molecule has 4 nitrogen and oxygen atoms in total. The fraction of sp³-hybridized carbons (Fsp3) is 0.500. The number of ether oxygens (including phenoxy) is 1. The lowest BCUT2D eigenvalue weighted by atomic mass is 10.2. The summed E-state index contributed by atoms with van der Waals surface area (Å²) in [6.45, 7) is 2.80. The Balaban J connectivity index is 5.10. The smallest absolute Gasteiger partial charge is 0.450 e. The minimum atomic E-state index is -5.14. The fourth-order valence-corrected chi connectivity index (χ4v) is 0.610. The lowest BCUT2D eigenvalue weighted by Gasteiger charge is -2.09. The molecule has 0 saturated carbocycles. The molecule has 0 aromatic heterocycles. The van der Waals surface area contributed by atoms with Crippen LogP contribution in [0.1, 0.15) is 13.8 Å². The lowest BCUT2D eigenvalue weighted by molar-refractivity contribution is -0.145. The van der Waals surface area contributed by atoms with E-state index >= 15 is 0 Å². The second kappa shape index (κ2) is 4.68. The Morgan fingerprint density at radius 1 is 1.47 bits per heavy atom. The molecule has 7 heteroatoms. The third kappa shape index (κ3) is 3.89. The van der Waals surface area contributed by atoms with Crippen molar-refractivity contribution in [3.05, 3.63) is 11.3 Å². The molecule has 0 rings (SSSR count). The van der Waals surface area contributed by atoms with Crippen molar-refractivity contribution in [3.63, 3.8) is 0 Å². The van der Waals surface area contributed by atoms with E-state index in [1.54, 1.807) is 0 Å². The summed E-state index contributed by atoms with van der Waals surface area (Å²) < 4.78 is 40.1. The molecule has 0 aliphatic heterocycles. The number of rotatable bonds is 2. The van der Waals surface area contributed by atoms with E-state index in [-0.39, 0.29) is 0 Å². The number of carbonyl (C=O) groups excluding carboxylic acids is 1. The van der Waals surface area contributed by atoms with Gasteiger partial charge in [-0.1, -0.05) is 0 Å². The maximum Gasteiger partial charge on any atom is 0.450 e. The topological polar surface area (TPSA) is 70.3 Å². The third-order valence-electron chi connectivity index (χ3n) is 1.16. The van der Waals surface area contributed by atoms with Crippen LogP contribution in [-0.2, 0) is 9.53 Å². The number of aliphatic hydroxyl groups is 1. The first-order chi connectivity index (χ1) is 6.70. The highest BCUT2D eigenvalue weighted by molar-refractivity contribution is 5.93. The average Bonchev–Trinajstić information content (AvgIpc) is 2.01. The molecule has 0 aliphatic carbocycles. The first kappa shape index (κ1) is 13.3. The van der Waals surface area contributed by atoms with Crippen molar-refractivity contribution in [1.82, 2.24) is 0 Å². The zero-order valence-corrected chi connectivity index (χ0v) is 7.92. The molecule has 0 fully saturated rings.